The number of rotatable bonds is 10. The maximum Gasteiger partial charge on any atom is 0.0406 e. The van der Waals surface area contributed by atoms with Crippen molar-refractivity contribution in [3.8, 4) is 0 Å². The highest BCUT2D eigenvalue weighted by Gasteiger charge is 2.29. The number of nitrogens with two attached hydrogens (primary N) is 1. The van der Waals surface area contributed by atoms with Crippen LogP contribution in [-0.2, 0) is 6.42 Å². The van der Waals surface area contributed by atoms with Gasteiger partial charge in [-0.3, -0.25) is 4.90 Å². The van der Waals surface area contributed by atoms with E-state index < -0.39 is 0 Å². The molecule has 0 aliphatic rings. The van der Waals surface area contributed by atoms with Crippen LogP contribution in [0.3, 0.4) is 0 Å². The van der Waals surface area contributed by atoms with E-state index in [0.717, 1.165) is 24.5 Å². The predicted molar refractivity (Wildman–Crippen MR) is 94.0 cm³/mol. The number of halogens is 1. The molecule has 0 radical (unpaired) electrons. The largest absolute Gasteiger partial charge is 0.329 e. The minimum atomic E-state index is 0.0260. The van der Waals surface area contributed by atoms with Crippen LogP contribution in [0, 0.1) is 0 Å². The summed E-state index contributed by atoms with van der Waals surface area (Å²) in [4.78, 5) is 2.59. The van der Waals surface area contributed by atoms with Gasteiger partial charge in [-0.05, 0) is 57.0 Å². The first kappa shape index (κ1) is 18.5. The quantitative estimate of drug-likeness (QED) is 0.689. The second-order valence-electron chi connectivity index (χ2n) is 6.20. The summed E-state index contributed by atoms with van der Waals surface area (Å²) in [5.74, 6) is 0. The molecule has 0 bridgehead atoms. The van der Waals surface area contributed by atoms with E-state index in [4.69, 9.17) is 17.3 Å². The van der Waals surface area contributed by atoms with Crippen LogP contribution in [0.15, 0.2) is 24.3 Å². The molecule has 0 saturated carbocycles. The molecule has 0 aliphatic carbocycles. The molecule has 0 amide bonds. The first-order valence-corrected chi connectivity index (χ1v) is 8.63. The smallest absolute Gasteiger partial charge is 0.0406 e. The molecule has 0 fully saturated rings. The van der Waals surface area contributed by atoms with Crippen LogP contribution in [0.25, 0.3) is 0 Å². The van der Waals surface area contributed by atoms with Gasteiger partial charge >= 0.3 is 0 Å². The molecule has 1 rings (SSSR count). The zero-order chi connectivity index (χ0) is 15.7. The fourth-order valence-corrected chi connectivity index (χ4v) is 2.83. The molecule has 21 heavy (non-hydrogen) atoms. The number of nitrogens with zero attached hydrogens (tertiary/aromatic N) is 1. The standard InChI is InChI=1S/C18H31ClN2/c1-4-6-12-21(13-7-5-2)18(3,15-20)14-16-8-10-17(19)11-9-16/h8-11H,4-7,12-15,20H2,1-3H3. The van der Waals surface area contributed by atoms with Gasteiger partial charge in [0.2, 0.25) is 0 Å². The highest BCUT2D eigenvalue weighted by atomic mass is 35.5. The third-order valence-corrected chi connectivity index (χ3v) is 4.52. The maximum absolute atomic E-state index is 6.16. The Morgan fingerprint density at radius 3 is 2.00 bits per heavy atom. The fraction of sp³-hybridized carbons (Fsp3) is 0.667. The molecular formula is C18H31ClN2. The van der Waals surface area contributed by atoms with Gasteiger partial charge in [0.05, 0.1) is 0 Å². The second-order valence-corrected chi connectivity index (χ2v) is 6.63. The Morgan fingerprint density at radius 1 is 1.05 bits per heavy atom. The predicted octanol–water partition coefficient (Wildman–Crippen LogP) is 4.50. The fourth-order valence-electron chi connectivity index (χ4n) is 2.70. The van der Waals surface area contributed by atoms with Crippen LogP contribution in [-0.4, -0.2) is 30.1 Å². The summed E-state index contributed by atoms with van der Waals surface area (Å²) in [5.41, 5.74) is 7.50. The molecule has 0 heterocycles. The first-order chi connectivity index (χ1) is 10.1. The average molecular weight is 311 g/mol. The van der Waals surface area contributed by atoms with Gasteiger partial charge in [-0.15, -0.1) is 0 Å². The van der Waals surface area contributed by atoms with E-state index >= 15 is 0 Å². The Kier molecular flexibility index (Phi) is 8.31. The minimum absolute atomic E-state index is 0.0260. The monoisotopic (exact) mass is 310 g/mol. The van der Waals surface area contributed by atoms with E-state index in [1.54, 1.807) is 0 Å². The SMILES string of the molecule is CCCCN(CCCC)C(C)(CN)Cc1ccc(Cl)cc1. The average Bonchev–Trinajstić information content (AvgIpc) is 2.49. The highest BCUT2D eigenvalue weighted by molar-refractivity contribution is 6.30. The zero-order valence-electron chi connectivity index (χ0n) is 13.9. The Balaban J connectivity index is 2.82. The first-order valence-electron chi connectivity index (χ1n) is 8.25. The van der Waals surface area contributed by atoms with Crippen molar-refractivity contribution in [3.05, 3.63) is 34.9 Å². The number of hydrogen-bond acceptors (Lipinski definition) is 2. The Hall–Kier alpha value is -0.570. The molecule has 1 unspecified atom stereocenters. The van der Waals surface area contributed by atoms with Gasteiger partial charge in [0.15, 0.2) is 0 Å². The summed E-state index contributed by atoms with van der Waals surface area (Å²) < 4.78 is 0. The molecule has 0 saturated heterocycles. The van der Waals surface area contributed by atoms with Gasteiger partial charge in [0.1, 0.15) is 0 Å². The number of benzene rings is 1. The molecule has 2 nitrogen and oxygen atoms in total. The van der Waals surface area contributed by atoms with Crippen LogP contribution < -0.4 is 5.73 Å². The molecule has 0 aliphatic heterocycles. The van der Waals surface area contributed by atoms with Crippen molar-refractivity contribution < 1.29 is 0 Å². The van der Waals surface area contributed by atoms with E-state index in [0.29, 0.717) is 6.54 Å². The van der Waals surface area contributed by atoms with Gasteiger partial charge in [0, 0.05) is 17.1 Å². The summed E-state index contributed by atoms with van der Waals surface area (Å²) >= 11 is 5.98. The molecule has 120 valence electrons. The zero-order valence-corrected chi connectivity index (χ0v) is 14.6. The lowest BCUT2D eigenvalue weighted by Gasteiger charge is -2.41. The third-order valence-electron chi connectivity index (χ3n) is 4.26. The van der Waals surface area contributed by atoms with Crippen LogP contribution in [0.4, 0.5) is 0 Å². The van der Waals surface area contributed by atoms with Crippen molar-refractivity contribution in [2.45, 2.75) is 58.4 Å². The van der Waals surface area contributed by atoms with Crippen LogP contribution in [0.5, 0.6) is 0 Å². The molecule has 3 heteroatoms. The maximum atomic E-state index is 6.16. The Labute approximate surface area is 135 Å². The van der Waals surface area contributed by atoms with Gasteiger partial charge < -0.3 is 5.73 Å². The van der Waals surface area contributed by atoms with Gasteiger partial charge in [-0.2, -0.15) is 0 Å². The van der Waals surface area contributed by atoms with Crippen molar-refractivity contribution >= 4 is 11.6 Å². The summed E-state index contributed by atoms with van der Waals surface area (Å²) in [6.45, 7) is 9.75. The topological polar surface area (TPSA) is 29.3 Å². The lowest BCUT2D eigenvalue weighted by atomic mass is 9.90. The lowest BCUT2D eigenvalue weighted by Crippen LogP contribution is -2.53. The van der Waals surface area contributed by atoms with Gasteiger partial charge in [0.25, 0.3) is 0 Å². The summed E-state index contributed by atoms with van der Waals surface area (Å²) in [6.07, 6.45) is 5.91. The summed E-state index contributed by atoms with van der Waals surface area (Å²) in [7, 11) is 0. The Bertz CT molecular complexity index is 383. The van der Waals surface area contributed by atoms with Crippen molar-refractivity contribution in [1.29, 1.82) is 0 Å². The number of unbranched alkanes of at least 4 members (excludes halogenated alkanes) is 2. The lowest BCUT2D eigenvalue weighted by molar-refractivity contribution is 0.106. The second kappa shape index (κ2) is 9.45. The Morgan fingerprint density at radius 2 is 1.57 bits per heavy atom. The van der Waals surface area contributed by atoms with Gasteiger partial charge in [-0.25, -0.2) is 0 Å². The molecule has 1 aromatic rings. The minimum Gasteiger partial charge on any atom is -0.329 e. The van der Waals surface area contributed by atoms with Gasteiger partial charge in [-0.1, -0.05) is 50.4 Å². The van der Waals surface area contributed by atoms with Crippen LogP contribution in [0.1, 0.15) is 52.0 Å². The van der Waals surface area contributed by atoms with Crippen molar-refractivity contribution in [3.63, 3.8) is 0 Å². The van der Waals surface area contributed by atoms with Crippen molar-refractivity contribution in [1.82, 2.24) is 4.90 Å². The number of hydrogen-bond donors (Lipinski definition) is 1. The molecule has 0 spiro atoms. The molecular weight excluding hydrogens is 280 g/mol. The van der Waals surface area contributed by atoms with Crippen molar-refractivity contribution in [2.75, 3.05) is 19.6 Å². The summed E-state index contributed by atoms with van der Waals surface area (Å²) in [6, 6.07) is 8.18. The van der Waals surface area contributed by atoms with E-state index in [1.165, 1.54) is 31.2 Å². The van der Waals surface area contributed by atoms with E-state index in [2.05, 4.69) is 37.8 Å². The van der Waals surface area contributed by atoms with Crippen molar-refractivity contribution in [2.24, 2.45) is 5.73 Å². The van der Waals surface area contributed by atoms with E-state index in [-0.39, 0.29) is 5.54 Å². The normalized spacial score (nSPS) is 14.4. The van der Waals surface area contributed by atoms with E-state index in [1.807, 2.05) is 12.1 Å². The highest BCUT2D eigenvalue weighted by Crippen LogP contribution is 2.22. The molecule has 1 atom stereocenters. The third kappa shape index (κ3) is 5.98. The molecule has 0 aromatic heterocycles. The molecule has 1 aromatic carbocycles. The van der Waals surface area contributed by atoms with Crippen LogP contribution >= 0.6 is 11.6 Å². The van der Waals surface area contributed by atoms with E-state index in [9.17, 15) is 0 Å². The summed E-state index contributed by atoms with van der Waals surface area (Å²) in [5, 5.41) is 0.794. The van der Waals surface area contributed by atoms with Crippen LogP contribution in [0.2, 0.25) is 5.02 Å². The molecule has 2 N–H and O–H groups in total.